The lowest BCUT2D eigenvalue weighted by atomic mass is 10.1. The second-order valence-corrected chi connectivity index (χ2v) is 7.15. The van der Waals surface area contributed by atoms with E-state index in [-0.39, 0.29) is 36.9 Å². The van der Waals surface area contributed by atoms with Crippen molar-refractivity contribution in [3.8, 4) is 0 Å². The quantitative estimate of drug-likeness (QED) is 0.327. The lowest BCUT2D eigenvalue weighted by molar-refractivity contribution is -0.144. The van der Waals surface area contributed by atoms with E-state index in [0.717, 1.165) is 11.1 Å². The number of hydrogen-bond donors (Lipinski definition) is 3. The Bertz CT molecular complexity index is 876. The minimum Gasteiger partial charge on any atom is -0.465 e. The molecule has 0 saturated heterocycles. The number of thiocarbonyl (C=S) groups is 1. The molecular weight excluding hydrogens is 426 g/mol. The average Bonchev–Trinajstić information content (AvgIpc) is 2.73. The van der Waals surface area contributed by atoms with Crippen molar-refractivity contribution in [3.05, 3.63) is 70.7 Å². The third kappa shape index (κ3) is 9.49. The fraction of sp³-hybridized carbons (Fsp3) is 0.238. The maximum atomic E-state index is 11.9. The zero-order valence-electron chi connectivity index (χ0n) is 16.2. The van der Waals surface area contributed by atoms with Crippen LogP contribution in [0.25, 0.3) is 0 Å². The van der Waals surface area contributed by atoms with E-state index in [0.29, 0.717) is 11.4 Å². The van der Waals surface area contributed by atoms with Gasteiger partial charge < -0.3 is 10.1 Å². The second kappa shape index (κ2) is 12.6. The molecule has 0 fully saturated rings. The highest BCUT2D eigenvalue weighted by atomic mass is 35.5. The summed E-state index contributed by atoms with van der Waals surface area (Å²) in [4.78, 5) is 35.4. The van der Waals surface area contributed by atoms with E-state index in [4.69, 9.17) is 28.6 Å². The number of esters is 1. The van der Waals surface area contributed by atoms with Gasteiger partial charge in [0, 0.05) is 17.9 Å². The van der Waals surface area contributed by atoms with Gasteiger partial charge >= 0.3 is 5.97 Å². The highest BCUT2D eigenvalue weighted by molar-refractivity contribution is 7.80. The number of carbonyl (C=O) groups is 3. The normalized spacial score (nSPS) is 10.0. The summed E-state index contributed by atoms with van der Waals surface area (Å²) in [7, 11) is 0. The van der Waals surface area contributed by atoms with Crippen molar-refractivity contribution in [2.75, 3.05) is 6.61 Å². The van der Waals surface area contributed by atoms with Crippen molar-refractivity contribution < 1.29 is 19.1 Å². The average molecular weight is 448 g/mol. The Kier molecular flexibility index (Phi) is 9.76. The molecule has 0 saturated carbocycles. The first kappa shape index (κ1) is 23.3. The zero-order valence-corrected chi connectivity index (χ0v) is 17.7. The van der Waals surface area contributed by atoms with Gasteiger partial charge in [-0.05, 0) is 35.5 Å². The number of carbonyl (C=O) groups excluding carboxylic acids is 3. The van der Waals surface area contributed by atoms with Crippen LogP contribution in [0.2, 0.25) is 5.02 Å². The molecule has 0 aliphatic carbocycles. The molecule has 0 bridgehead atoms. The number of amides is 2. The Morgan fingerprint density at radius 3 is 2.27 bits per heavy atom. The summed E-state index contributed by atoms with van der Waals surface area (Å²) in [5, 5.41) is 2.90. The molecule has 0 aliphatic rings. The van der Waals surface area contributed by atoms with Gasteiger partial charge in [-0.25, -0.2) is 0 Å². The SMILES string of the molecule is O=C(Cc1ccc(Cl)cc1)NNC(=S)NC(=O)CCC(=O)OCCc1ccccc1. The molecule has 0 aliphatic heterocycles. The maximum Gasteiger partial charge on any atom is 0.306 e. The molecule has 0 radical (unpaired) electrons. The Morgan fingerprint density at radius 2 is 1.57 bits per heavy atom. The summed E-state index contributed by atoms with van der Waals surface area (Å²) in [5.41, 5.74) is 6.68. The Balaban J connectivity index is 1.57. The van der Waals surface area contributed by atoms with Gasteiger partial charge in [-0.3, -0.25) is 25.2 Å². The van der Waals surface area contributed by atoms with E-state index in [1.54, 1.807) is 24.3 Å². The number of rotatable bonds is 8. The maximum absolute atomic E-state index is 11.9. The molecular formula is C21H22ClN3O4S. The molecule has 30 heavy (non-hydrogen) atoms. The molecule has 3 N–H and O–H groups in total. The van der Waals surface area contributed by atoms with E-state index in [1.165, 1.54) is 0 Å². The molecule has 0 aromatic heterocycles. The van der Waals surface area contributed by atoms with Crippen LogP contribution in [0.3, 0.4) is 0 Å². The van der Waals surface area contributed by atoms with Crippen molar-refractivity contribution in [2.45, 2.75) is 25.7 Å². The lowest BCUT2D eigenvalue weighted by Crippen LogP contribution is -2.48. The predicted octanol–water partition coefficient (Wildman–Crippen LogP) is 2.47. The van der Waals surface area contributed by atoms with Crippen molar-refractivity contribution in [2.24, 2.45) is 0 Å². The van der Waals surface area contributed by atoms with Gasteiger partial charge in [0.2, 0.25) is 11.8 Å². The molecule has 9 heteroatoms. The van der Waals surface area contributed by atoms with Crippen LogP contribution in [0.5, 0.6) is 0 Å². The van der Waals surface area contributed by atoms with Gasteiger partial charge in [0.05, 0.1) is 19.4 Å². The van der Waals surface area contributed by atoms with E-state index < -0.39 is 11.9 Å². The van der Waals surface area contributed by atoms with Crippen LogP contribution in [-0.2, 0) is 32.0 Å². The third-order valence-corrected chi connectivity index (χ3v) is 4.36. The topological polar surface area (TPSA) is 96.5 Å². The third-order valence-electron chi connectivity index (χ3n) is 3.90. The van der Waals surface area contributed by atoms with Crippen LogP contribution in [-0.4, -0.2) is 29.5 Å². The number of hydrogen-bond acceptors (Lipinski definition) is 5. The summed E-state index contributed by atoms with van der Waals surface area (Å²) in [6.45, 7) is 0.254. The first-order valence-electron chi connectivity index (χ1n) is 9.25. The Labute approximate surface area is 185 Å². The van der Waals surface area contributed by atoms with E-state index in [1.807, 2.05) is 30.3 Å². The first-order chi connectivity index (χ1) is 14.4. The van der Waals surface area contributed by atoms with Crippen molar-refractivity contribution in [1.82, 2.24) is 16.2 Å². The standard InChI is InChI=1S/C21H22ClN3O4S/c22-17-8-6-16(7-9-17)14-19(27)24-25-21(30)23-18(26)10-11-20(28)29-13-12-15-4-2-1-3-5-15/h1-9H,10-14H2,(H,24,27)(H2,23,25,26,30). The van der Waals surface area contributed by atoms with Crippen LogP contribution in [0, 0.1) is 0 Å². The largest absolute Gasteiger partial charge is 0.465 e. The predicted molar refractivity (Wildman–Crippen MR) is 118 cm³/mol. The minimum absolute atomic E-state index is 0.0633. The number of nitrogens with one attached hydrogen (secondary N) is 3. The number of benzene rings is 2. The van der Waals surface area contributed by atoms with Gasteiger partial charge in [0.25, 0.3) is 0 Å². The smallest absolute Gasteiger partial charge is 0.306 e. The van der Waals surface area contributed by atoms with E-state index >= 15 is 0 Å². The highest BCUT2D eigenvalue weighted by Crippen LogP contribution is 2.09. The summed E-state index contributed by atoms with van der Waals surface area (Å²) < 4.78 is 5.11. The highest BCUT2D eigenvalue weighted by Gasteiger charge is 2.10. The second-order valence-electron chi connectivity index (χ2n) is 6.31. The van der Waals surface area contributed by atoms with Gasteiger partial charge in [-0.1, -0.05) is 54.1 Å². The summed E-state index contributed by atoms with van der Waals surface area (Å²) >= 11 is 10.7. The van der Waals surface area contributed by atoms with Crippen LogP contribution in [0.4, 0.5) is 0 Å². The van der Waals surface area contributed by atoms with Gasteiger partial charge in [0.1, 0.15) is 0 Å². The van der Waals surface area contributed by atoms with Gasteiger partial charge in [0.15, 0.2) is 5.11 Å². The zero-order chi connectivity index (χ0) is 21.8. The monoisotopic (exact) mass is 447 g/mol. The molecule has 0 atom stereocenters. The van der Waals surface area contributed by atoms with Crippen LogP contribution in [0.15, 0.2) is 54.6 Å². The lowest BCUT2D eigenvalue weighted by Gasteiger charge is -2.11. The fourth-order valence-electron chi connectivity index (χ4n) is 2.39. The Hall–Kier alpha value is -2.97. The number of halogens is 1. The summed E-state index contributed by atoms with van der Waals surface area (Å²) in [6.07, 6.45) is 0.592. The van der Waals surface area contributed by atoms with Crippen LogP contribution >= 0.6 is 23.8 Å². The fourth-order valence-corrected chi connectivity index (χ4v) is 2.68. The van der Waals surface area contributed by atoms with Gasteiger partial charge in [-0.2, -0.15) is 0 Å². The van der Waals surface area contributed by atoms with E-state index in [9.17, 15) is 14.4 Å². The van der Waals surface area contributed by atoms with Gasteiger partial charge in [-0.15, -0.1) is 0 Å². The van der Waals surface area contributed by atoms with Crippen LogP contribution in [0.1, 0.15) is 24.0 Å². The number of ether oxygens (including phenoxy) is 1. The summed E-state index contributed by atoms with van der Waals surface area (Å²) in [6, 6.07) is 16.5. The molecule has 2 rings (SSSR count). The molecule has 2 amide bonds. The molecule has 2 aromatic rings. The molecule has 7 nitrogen and oxygen atoms in total. The van der Waals surface area contributed by atoms with Crippen molar-refractivity contribution in [1.29, 1.82) is 0 Å². The Morgan fingerprint density at radius 1 is 0.867 bits per heavy atom. The van der Waals surface area contributed by atoms with Crippen molar-refractivity contribution >= 4 is 46.7 Å². The summed E-state index contributed by atoms with van der Waals surface area (Å²) in [5.74, 6) is -1.26. The molecule has 0 spiro atoms. The minimum atomic E-state index is -0.462. The molecule has 2 aromatic carbocycles. The number of hydrazine groups is 1. The van der Waals surface area contributed by atoms with Crippen LogP contribution < -0.4 is 16.2 Å². The van der Waals surface area contributed by atoms with E-state index in [2.05, 4.69) is 16.2 Å². The molecule has 158 valence electrons. The molecule has 0 unspecified atom stereocenters. The first-order valence-corrected chi connectivity index (χ1v) is 10.0. The molecule has 0 heterocycles. The van der Waals surface area contributed by atoms with Crippen molar-refractivity contribution in [3.63, 3.8) is 0 Å².